The number of amides is 1. The van der Waals surface area contributed by atoms with E-state index in [0.717, 1.165) is 11.3 Å². The van der Waals surface area contributed by atoms with E-state index in [1.165, 1.54) is 0 Å². The van der Waals surface area contributed by atoms with Gasteiger partial charge in [-0.05, 0) is 36.2 Å². The molecule has 5 heteroatoms. The van der Waals surface area contributed by atoms with Gasteiger partial charge in [0.05, 0.1) is 11.9 Å². The first-order valence-corrected chi connectivity index (χ1v) is 9.78. The second-order valence-corrected chi connectivity index (χ2v) is 6.91. The third-order valence-corrected chi connectivity index (χ3v) is 4.80. The predicted molar refractivity (Wildman–Crippen MR) is 116 cm³/mol. The summed E-state index contributed by atoms with van der Waals surface area (Å²) in [5, 5.41) is 7.28. The maximum absolute atomic E-state index is 12.5. The Morgan fingerprint density at radius 3 is 2.07 bits per heavy atom. The zero-order valence-electron chi connectivity index (χ0n) is 16.4. The molecule has 1 amide bonds. The molecule has 0 aliphatic carbocycles. The first kappa shape index (κ1) is 19.3. The Morgan fingerprint density at radius 2 is 1.37 bits per heavy atom. The first-order valence-electron chi connectivity index (χ1n) is 9.78. The van der Waals surface area contributed by atoms with E-state index in [2.05, 4.69) is 10.4 Å². The molecule has 0 unspecified atom stereocenters. The van der Waals surface area contributed by atoms with Crippen LogP contribution in [-0.4, -0.2) is 28.0 Å². The van der Waals surface area contributed by atoms with Crippen LogP contribution in [0.5, 0.6) is 0 Å². The lowest BCUT2D eigenvalue weighted by Gasteiger charge is -2.06. The van der Waals surface area contributed by atoms with Crippen molar-refractivity contribution < 1.29 is 9.59 Å². The molecule has 5 nitrogen and oxygen atoms in total. The zero-order chi connectivity index (χ0) is 20.8. The number of hydrogen-bond donors (Lipinski definition) is 1. The fourth-order valence-corrected chi connectivity index (χ4v) is 3.16. The molecule has 0 spiro atoms. The molecule has 0 saturated heterocycles. The molecule has 0 bridgehead atoms. The summed E-state index contributed by atoms with van der Waals surface area (Å²) in [7, 11) is 0. The lowest BCUT2D eigenvalue weighted by molar-refractivity contribution is 0.0952. The van der Waals surface area contributed by atoms with E-state index in [1.54, 1.807) is 36.4 Å². The van der Waals surface area contributed by atoms with Gasteiger partial charge in [0.2, 0.25) is 0 Å². The maximum Gasteiger partial charge on any atom is 0.251 e. The summed E-state index contributed by atoms with van der Waals surface area (Å²) in [6.45, 7) is 0.504. The van der Waals surface area contributed by atoms with Crippen molar-refractivity contribution in [3.8, 4) is 5.69 Å². The van der Waals surface area contributed by atoms with Crippen molar-refractivity contribution in [2.75, 3.05) is 6.54 Å². The number of carbonyl (C=O) groups excluding carboxylic acids is 2. The molecule has 0 saturated carbocycles. The van der Waals surface area contributed by atoms with Crippen molar-refractivity contribution >= 4 is 11.7 Å². The van der Waals surface area contributed by atoms with Gasteiger partial charge in [0.15, 0.2) is 5.78 Å². The van der Waals surface area contributed by atoms with Crippen molar-refractivity contribution in [2.24, 2.45) is 0 Å². The number of benzene rings is 3. The lowest BCUT2D eigenvalue weighted by atomic mass is 10.0. The van der Waals surface area contributed by atoms with Gasteiger partial charge in [-0.3, -0.25) is 9.59 Å². The number of hydrogen-bond acceptors (Lipinski definition) is 3. The Kier molecular flexibility index (Phi) is 5.80. The van der Waals surface area contributed by atoms with Crippen LogP contribution in [0, 0.1) is 0 Å². The van der Waals surface area contributed by atoms with Gasteiger partial charge < -0.3 is 5.32 Å². The standard InChI is InChI=1S/C25H21N3O2/c29-24(20-7-3-1-4-8-20)21-11-13-22(14-12-21)25(30)26-16-15-19-17-27-28(18-19)23-9-5-2-6-10-23/h1-14,17-18H,15-16H2,(H,26,30). The van der Waals surface area contributed by atoms with Gasteiger partial charge in [-0.1, -0.05) is 60.7 Å². The third kappa shape index (κ3) is 4.52. The van der Waals surface area contributed by atoms with Crippen LogP contribution in [0.1, 0.15) is 31.8 Å². The summed E-state index contributed by atoms with van der Waals surface area (Å²) in [5.74, 6) is -0.220. The largest absolute Gasteiger partial charge is 0.352 e. The Morgan fingerprint density at radius 1 is 0.767 bits per heavy atom. The van der Waals surface area contributed by atoms with Gasteiger partial charge in [0.1, 0.15) is 0 Å². The summed E-state index contributed by atoms with van der Waals surface area (Å²) in [6, 6.07) is 25.7. The number of rotatable bonds is 7. The van der Waals surface area contributed by atoms with Crippen molar-refractivity contribution in [3.05, 3.63) is 120 Å². The molecule has 0 atom stereocenters. The summed E-state index contributed by atoms with van der Waals surface area (Å²) < 4.78 is 1.82. The zero-order valence-corrected chi connectivity index (χ0v) is 16.4. The van der Waals surface area contributed by atoms with Crippen LogP contribution in [-0.2, 0) is 6.42 Å². The van der Waals surface area contributed by atoms with E-state index in [9.17, 15) is 9.59 Å². The molecule has 1 aromatic heterocycles. The Bertz CT molecular complexity index is 1130. The first-order chi connectivity index (χ1) is 14.7. The molecule has 0 aliphatic rings. The number of para-hydroxylation sites is 1. The Hall–Kier alpha value is -3.99. The van der Waals surface area contributed by atoms with Crippen molar-refractivity contribution in [2.45, 2.75) is 6.42 Å². The topological polar surface area (TPSA) is 64.0 Å². The van der Waals surface area contributed by atoms with Crippen molar-refractivity contribution in [1.82, 2.24) is 15.1 Å². The molecule has 1 N–H and O–H groups in total. The lowest BCUT2D eigenvalue weighted by Crippen LogP contribution is -2.25. The minimum atomic E-state index is -0.163. The molecule has 4 aromatic rings. The van der Waals surface area contributed by atoms with Crippen molar-refractivity contribution in [1.29, 1.82) is 0 Å². The molecular formula is C25H21N3O2. The highest BCUT2D eigenvalue weighted by Gasteiger charge is 2.10. The van der Waals surface area contributed by atoms with E-state index in [0.29, 0.717) is 29.7 Å². The van der Waals surface area contributed by atoms with Crippen LogP contribution in [0.15, 0.2) is 97.3 Å². The quantitative estimate of drug-likeness (QED) is 0.480. The van der Waals surface area contributed by atoms with Crippen LogP contribution < -0.4 is 5.32 Å². The monoisotopic (exact) mass is 395 g/mol. The normalized spacial score (nSPS) is 10.5. The summed E-state index contributed by atoms with van der Waals surface area (Å²) in [5.41, 5.74) is 3.76. The van der Waals surface area contributed by atoms with E-state index < -0.39 is 0 Å². The van der Waals surface area contributed by atoms with Gasteiger partial charge >= 0.3 is 0 Å². The maximum atomic E-state index is 12.5. The average molecular weight is 395 g/mol. The van der Waals surface area contributed by atoms with E-state index in [4.69, 9.17) is 0 Å². The number of ketones is 1. The van der Waals surface area contributed by atoms with E-state index >= 15 is 0 Å². The van der Waals surface area contributed by atoms with Gasteiger partial charge in [-0.2, -0.15) is 5.10 Å². The van der Waals surface area contributed by atoms with Gasteiger partial charge in [0, 0.05) is 29.4 Å². The third-order valence-electron chi connectivity index (χ3n) is 4.80. The minimum absolute atomic E-state index is 0.0574. The van der Waals surface area contributed by atoms with Gasteiger partial charge in [-0.15, -0.1) is 0 Å². The van der Waals surface area contributed by atoms with Crippen LogP contribution in [0.4, 0.5) is 0 Å². The van der Waals surface area contributed by atoms with Crippen molar-refractivity contribution in [3.63, 3.8) is 0 Å². The fourth-order valence-electron chi connectivity index (χ4n) is 3.16. The highest BCUT2D eigenvalue weighted by atomic mass is 16.1. The number of nitrogens with one attached hydrogen (secondary N) is 1. The summed E-state index contributed by atoms with van der Waals surface area (Å²) >= 11 is 0. The molecule has 0 radical (unpaired) electrons. The molecule has 1 heterocycles. The van der Waals surface area contributed by atoms with Crippen LogP contribution >= 0.6 is 0 Å². The highest BCUT2D eigenvalue weighted by molar-refractivity contribution is 6.09. The van der Waals surface area contributed by atoms with Gasteiger partial charge in [-0.25, -0.2) is 4.68 Å². The predicted octanol–water partition coefficient (Wildman–Crippen LogP) is 4.08. The molecule has 0 aliphatic heterocycles. The Labute approximate surface area is 175 Å². The van der Waals surface area contributed by atoms with Crippen LogP contribution in [0.2, 0.25) is 0 Å². The summed E-state index contributed by atoms with van der Waals surface area (Å²) in [6.07, 6.45) is 4.46. The molecule has 0 fully saturated rings. The van der Waals surface area contributed by atoms with E-state index in [-0.39, 0.29) is 11.7 Å². The minimum Gasteiger partial charge on any atom is -0.352 e. The second kappa shape index (κ2) is 9.01. The van der Waals surface area contributed by atoms with Crippen LogP contribution in [0.25, 0.3) is 5.69 Å². The Balaban J connectivity index is 1.31. The molecular weight excluding hydrogens is 374 g/mol. The molecule has 3 aromatic carbocycles. The van der Waals surface area contributed by atoms with E-state index in [1.807, 2.05) is 65.6 Å². The number of nitrogens with zero attached hydrogens (tertiary/aromatic N) is 2. The molecule has 30 heavy (non-hydrogen) atoms. The number of carbonyl (C=O) groups is 2. The average Bonchev–Trinajstić information content (AvgIpc) is 3.29. The highest BCUT2D eigenvalue weighted by Crippen LogP contribution is 2.12. The molecule has 4 rings (SSSR count). The fraction of sp³-hybridized carbons (Fsp3) is 0.0800. The molecule has 148 valence electrons. The van der Waals surface area contributed by atoms with Crippen LogP contribution in [0.3, 0.4) is 0 Å². The smallest absolute Gasteiger partial charge is 0.251 e. The van der Waals surface area contributed by atoms with Gasteiger partial charge in [0.25, 0.3) is 5.91 Å². The SMILES string of the molecule is O=C(NCCc1cnn(-c2ccccc2)c1)c1ccc(C(=O)c2ccccc2)cc1. The second-order valence-electron chi connectivity index (χ2n) is 6.91. The number of aromatic nitrogens is 2. The summed E-state index contributed by atoms with van der Waals surface area (Å²) in [4.78, 5) is 24.8.